The molecule has 1 saturated heterocycles. The molecule has 1 saturated carbocycles. The summed E-state index contributed by atoms with van der Waals surface area (Å²) in [7, 11) is 0. The van der Waals surface area contributed by atoms with Gasteiger partial charge in [-0.15, -0.1) is 0 Å². The van der Waals surface area contributed by atoms with Crippen molar-refractivity contribution >= 4 is 33.4 Å². The average molecular weight is 440 g/mol. The van der Waals surface area contributed by atoms with Crippen LogP contribution in [0.25, 0.3) is 5.76 Å². The molecule has 5 heteroatoms. The summed E-state index contributed by atoms with van der Waals surface area (Å²) in [5.41, 5.74) is 2.64. The van der Waals surface area contributed by atoms with Crippen LogP contribution in [0.4, 0.5) is 0 Å². The van der Waals surface area contributed by atoms with Crippen molar-refractivity contribution in [1.29, 1.82) is 0 Å². The Morgan fingerprint density at radius 1 is 1.07 bits per heavy atom. The molecule has 1 atom stereocenters. The predicted octanol–water partition coefficient (Wildman–Crippen LogP) is 5.12. The number of Topliss-reactive ketones (excluding diaryl/α,β-unsaturated/α-hetero) is 1. The lowest BCUT2D eigenvalue weighted by molar-refractivity contribution is -0.141. The van der Waals surface area contributed by atoms with Crippen LogP contribution in [-0.4, -0.2) is 27.7 Å². The molecular formula is C23H22BrNO3. The molecule has 1 heterocycles. The second-order valence-corrected chi connectivity index (χ2v) is 8.48. The SMILES string of the molecule is Cc1cccc(C2/C(=C(/O)c3ccc(Br)cc3)C(=O)C(=O)N2C2CCCC2)c1. The number of aryl methyl sites for hydroxylation is 1. The molecule has 0 radical (unpaired) electrons. The van der Waals surface area contributed by atoms with Crippen molar-refractivity contribution in [3.8, 4) is 0 Å². The van der Waals surface area contributed by atoms with E-state index in [0.717, 1.165) is 41.3 Å². The van der Waals surface area contributed by atoms with Crippen LogP contribution < -0.4 is 0 Å². The molecule has 1 aliphatic carbocycles. The molecule has 2 aliphatic rings. The van der Waals surface area contributed by atoms with E-state index in [1.807, 2.05) is 43.3 Å². The fourth-order valence-corrected chi connectivity index (χ4v) is 4.60. The van der Waals surface area contributed by atoms with Gasteiger partial charge in [-0.05, 0) is 37.5 Å². The van der Waals surface area contributed by atoms with Crippen LogP contribution >= 0.6 is 15.9 Å². The molecule has 144 valence electrons. The van der Waals surface area contributed by atoms with E-state index in [1.165, 1.54) is 0 Å². The van der Waals surface area contributed by atoms with Gasteiger partial charge in [0.25, 0.3) is 11.7 Å². The number of hydrogen-bond acceptors (Lipinski definition) is 3. The van der Waals surface area contributed by atoms with E-state index in [4.69, 9.17) is 0 Å². The number of ketones is 1. The third-order valence-electron chi connectivity index (χ3n) is 5.67. The summed E-state index contributed by atoms with van der Waals surface area (Å²) in [6, 6.07) is 14.4. The molecule has 1 amide bonds. The van der Waals surface area contributed by atoms with Gasteiger partial charge in [0, 0.05) is 16.1 Å². The minimum absolute atomic E-state index is 0.0391. The summed E-state index contributed by atoms with van der Waals surface area (Å²) in [6.45, 7) is 1.99. The Morgan fingerprint density at radius 2 is 1.75 bits per heavy atom. The lowest BCUT2D eigenvalue weighted by Gasteiger charge is -2.31. The highest BCUT2D eigenvalue weighted by Gasteiger charge is 2.49. The van der Waals surface area contributed by atoms with Gasteiger partial charge in [-0.25, -0.2) is 0 Å². The van der Waals surface area contributed by atoms with Gasteiger partial charge >= 0.3 is 0 Å². The van der Waals surface area contributed by atoms with E-state index in [1.54, 1.807) is 17.0 Å². The van der Waals surface area contributed by atoms with Crippen LogP contribution in [0.3, 0.4) is 0 Å². The van der Waals surface area contributed by atoms with Gasteiger partial charge < -0.3 is 10.0 Å². The maximum Gasteiger partial charge on any atom is 0.295 e. The van der Waals surface area contributed by atoms with Crippen LogP contribution in [0.5, 0.6) is 0 Å². The Kier molecular flexibility index (Phi) is 5.11. The molecule has 1 unspecified atom stereocenters. The Labute approximate surface area is 173 Å². The second-order valence-electron chi connectivity index (χ2n) is 7.57. The van der Waals surface area contributed by atoms with Gasteiger partial charge in [0.05, 0.1) is 11.6 Å². The first-order valence-corrected chi connectivity index (χ1v) is 10.4. The third kappa shape index (κ3) is 3.28. The molecule has 0 aromatic heterocycles. The van der Waals surface area contributed by atoms with Crippen LogP contribution in [0, 0.1) is 6.92 Å². The summed E-state index contributed by atoms with van der Waals surface area (Å²) in [4.78, 5) is 27.7. The van der Waals surface area contributed by atoms with Crippen LogP contribution in [0.1, 0.15) is 48.4 Å². The van der Waals surface area contributed by atoms with E-state index in [0.29, 0.717) is 5.56 Å². The van der Waals surface area contributed by atoms with Gasteiger partial charge in [-0.1, -0.05) is 70.7 Å². The lowest BCUT2D eigenvalue weighted by atomic mass is 9.94. The molecule has 2 aromatic rings. The van der Waals surface area contributed by atoms with E-state index >= 15 is 0 Å². The minimum Gasteiger partial charge on any atom is -0.507 e. The highest BCUT2D eigenvalue weighted by Crippen LogP contribution is 2.43. The summed E-state index contributed by atoms with van der Waals surface area (Å²) in [6.07, 6.45) is 3.91. The summed E-state index contributed by atoms with van der Waals surface area (Å²) in [5, 5.41) is 11.0. The number of carbonyl (C=O) groups is 2. The standard InChI is InChI=1S/C23H22BrNO3/c1-14-5-4-6-16(13-14)20-19(21(26)15-9-11-17(24)12-10-15)22(27)23(28)25(20)18-7-2-3-8-18/h4-6,9-13,18,20,26H,2-3,7-8H2,1H3/b21-19-. The normalized spacial score (nSPS) is 22.2. The molecule has 4 rings (SSSR count). The maximum atomic E-state index is 13.0. The fourth-order valence-electron chi connectivity index (χ4n) is 4.34. The summed E-state index contributed by atoms with van der Waals surface area (Å²) in [5.74, 6) is -1.21. The van der Waals surface area contributed by atoms with Crippen molar-refractivity contribution in [2.24, 2.45) is 0 Å². The van der Waals surface area contributed by atoms with Crippen molar-refractivity contribution < 1.29 is 14.7 Å². The zero-order chi connectivity index (χ0) is 19.8. The Balaban J connectivity index is 1.89. The molecule has 4 nitrogen and oxygen atoms in total. The number of likely N-dealkylation sites (tertiary alicyclic amines) is 1. The zero-order valence-corrected chi connectivity index (χ0v) is 17.3. The number of aliphatic hydroxyl groups excluding tert-OH is 1. The molecule has 1 N–H and O–H groups in total. The fraction of sp³-hybridized carbons (Fsp3) is 0.304. The number of rotatable bonds is 3. The quantitative estimate of drug-likeness (QED) is 0.410. The predicted molar refractivity (Wildman–Crippen MR) is 112 cm³/mol. The molecular weight excluding hydrogens is 418 g/mol. The lowest BCUT2D eigenvalue weighted by Crippen LogP contribution is -2.37. The number of hydrogen-bond donors (Lipinski definition) is 1. The zero-order valence-electron chi connectivity index (χ0n) is 15.7. The first-order valence-electron chi connectivity index (χ1n) is 9.60. The Bertz CT molecular complexity index is 958. The van der Waals surface area contributed by atoms with Crippen molar-refractivity contribution in [2.45, 2.75) is 44.7 Å². The van der Waals surface area contributed by atoms with Crippen LogP contribution in [0.15, 0.2) is 58.6 Å². The number of amides is 1. The second kappa shape index (κ2) is 7.55. The molecule has 0 spiro atoms. The average Bonchev–Trinajstić information content (AvgIpc) is 3.29. The first-order chi connectivity index (χ1) is 13.5. The number of carbonyl (C=O) groups excluding carboxylic acids is 2. The number of halogens is 1. The van der Waals surface area contributed by atoms with E-state index in [-0.39, 0.29) is 17.4 Å². The van der Waals surface area contributed by atoms with Crippen LogP contribution in [-0.2, 0) is 9.59 Å². The molecule has 1 aliphatic heterocycles. The Morgan fingerprint density at radius 3 is 2.39 bits per heavy atom. The van der Waals surface area contributed by atoms with Crippen LogP contribution in [0.2, 0.25) is 0 Å². The number of aliphatic hydroxyl groups is 1. The molecule has 28 heavy (non-hydrogen) atoms. The van der Waals surface area contributed by atoms with Crippen molar-refractivity contribution in [2.75, 3.05) is 0 Å². The maximum absolute atomic E-state index is 13.0. The molecule has 2 fully saturated rings. The van der Waals surface area contributed by atoms with Crippen molar-refractivity contribution in [3.05, 3.63) is 75.3 Å². The third-order valence-corrected chi connectivity index (χ3v) is 6.20. The first kappa shape index (κ1) is 18.9. The highest BCUT2D eigenvalue weighted by atomic mass is 79.9. The number of benzene rings is 2. The van der Waals surface area contributed by atoms with E-state index < -0.39 is 17.7 Å². The number of nitrogens with zero attached hydrogens (tertiary/aromatic N) is 1. The van der Waals surface area contributed by atoms with Gasteiger partial charge in [-0.3, -0.25) is 9.59 Å². The van der Waals surface area contributed by atoms with E-state index in [2.05, 4.69) is 15.9 Å². The summed E-state index contributed by atoms with van der Waals surface area (Å²) >= 11 is 3.38. The minimum atomic E-state index is -0.598. The summed E-state index contributed by atoms with van der Waals surface area (Å²) < 4.78 is 0.880. The Hall–Kier alpha value is -2.40. The van der Waals surface area contributed by atoms with Crippen molar-refractivity contribution in [3.63, 3.8) is 0 Å². The van der Waals surface area contributed by atoms with Gasteiger partial charge in [0.1, 0.15) is 5.76 Å². The topological polar surface area (TPSA) is 57.6 Å². The van der Waals surface area contributed by atoms with Crippen molar-refractivity contribution in [1.82, 2.24) is 4.90 Å². The van der Waals surface area contributed by atoms with E-state index in [9.17, 15) is 14.7 Å². The smallest absolute Gasteiger partial charge is 0.295 e. The largest absolute Gasteiger partial charge is 0.507 e. The van der Waals surface area contributed by atoms with Gasteiger partial charge in [0.15, 0.2) is 0 Å². The molecule has 0 bridgehead atoms. The van der Waals surface area contributed by atoms with Gasteiger partial charge in [-0.2, -0.15) is 0 Å². The molecule has 2 aromatic carbocycles. The van der Waals surface area contributed by atoms with Gasteiger partial charge in [0.2, 0.25) is 0 Å². The monoisotopic (exact) mass is 439 g/mol. The highest BCUT2D eigenvalue weighted by molar-refractivity contribution is 9.10.